The van der Waals surface area contributed by atoms with E-state index in [1.54, 1.807) is 16.7 Å². The second kappa shape index (κ2) is 5.20. The quantitative estimate of drug-likeness (QED) is 0.752. The maximum absolute atomic E-state index is 13.5. The molecule has 0 radical (unpaired) electrons. The zero-order chi connectivity index (χ0) is 17.1. The summed E-state index contributed by atoms with van der Waals surface area (Å²) >= 11 is 0. The van der Waals surface area contributed by atoms with Crippen molar-refractivity contribution in [1.82, 2.24) is 19.4 Å². The Morgan fingerprint density at radius 3 is 2.83 bits per heavy atom. The van der Waals surface area contributed by atoms with E-state index < -0.39 is 11.9 Å². The normalized spacial score (nSPS) is 25.1. The molecule has 1 aliphatic rings. The first-order chi connectivity index (χ1) is 11.4. The molecule has 1 fully saturated rings. The Kier molecular flexibility index (Phi) is 3.35. The zero-order valence-corrected chi connectivity index (χ0v) is 13.1. The van der Waals surface area contributed by atoms with E-state index in [9.17, 15) is 13.2 Å². The Balaban J connectivity index is 2.02. The second-order valence-electron chi connectivity index (χ2n) is 6.51. The Labute approximate surface area is 136 Å². The summed E-state index contributed by atoms with van der Waals surface area (Å²) in [6.45, 7) is 2.05. The van der Waals surface area contributed by atoms with Crippen LogP contribution < -0.4 is 5.73 Å². The van der Waals surface area contributed by atoms with Crippen molar-refractivity contribution in [2.75, 3.05) is 0 Å². The number of aromatic nitrogens is 4. The third-order valence-corrected chi connectivity index (χ3v) is 5.06. The predicted octanol–water partition coefficient (Wildman–Crippen LogP) is 3.46. The Morgan fingerprint density at radius 1 is 1.33 bits per heavy atom. The zero-order valence-electron chi connectivity index (χ0n) is 13.1. The summed E-state index contributed by atoms with van der Waals surface area (Å²) in [5, 5.41) is 0. The van der Waals surface area contributed by atoms with Gasteiger partial charge in [-0.1, -0.05) is 13.3 Å². The highest BCUT2D eigenvalue weighted by molar-refractivity contribution is 5.76. The van der Waals surface area contributed by atoms with Gasteiger partial charge in [0.1, 0.15) is 5.82 Å². The van der Waals surface area contributed by atoms with Crippen molar-refractivity contribution in [3.05, 3.63) is 30.0 Å². The highest BCUT2D eigenvalue weighted by Crippen LogP contribution is 2.43. The minimum absolute atomic E-state index is 0.0000699. The largest absolute Gasteiger partial charge is 0.435 e. The maximum Gasteiger partial charge on any atom is 0.435 e. The summed E-state index contributed by atoms with van der Waals surface area (Å²) < 4.78 is 42.0. The van der Waals surface area contributed by atoms with E-state index in [4.69, 9.17) is 5.73 Å². The van der Waals surface area contributed by atoms with E-state index in [-0.39, 0.29) is 23.4 Å². The maximum atomic E-state index is 13.5. The lowest BCUT2D eigenvalue weighted by molar-refractivity contribution is -0.139. The molecule has 0 unspecified atom stereocenters. The molecule has 3 N–H and O–H groups in total. The number of nitrogens with one attached hydrogen (secondary N) is 1. The molecule has 24 heavy (non-hydrogen) atoms. The van der Waals surface area contributed by atoms with Gasteiger partial charge in [-0.25, -0.2) is 9.97 Å². The summed E-state index contributed by atoms with van der Waals surface area (Å²) in [4.78, 5) is 11.1. The SMILES string of the molecule is CC[C@@H]1C[C@H](N)C[C@H]1c1nc(C(F)(F)F)c2cnc3[nH]ccc3n12. The molecule has 1 aliphatic carbocycles. The van der Waals surface area contributed by atoms with Gasteiger partial charge in [0.2, 0.25) is 0 Å². The van der Waals surface area contributed by atoms with Crippen LogP contribution in [0.4, 0.5) is 13.2 Å². The first kappa shape index (κ1) is 15.4. The third kappa shape index (κ3) is 2.20. The molecule has 3 heterocycles. The average molecular weight is 337 g/mol. The summed E-state index contributed by atoms with van der Waals surface area (Å²) in [6, 6.07) is 1.74. The van der Waals surface area contributed by atoms with Crippen molar-refractivity contribution in [3.63, 3.8) is 0 Å². The average Bonchev–Trinajstić information content (AvgIpc) is 3.20. The second-order valence-corrected chi connectivity index (χ2v) is 6.51. The van der Waals surface area contributed by atoms with Gasteiger partial charge in [-0.05, 0) is 24.8 Å². The van der Waals surface area contributed by atoms with Crippen LogP contribution in [-0.4, -0.2) is 25.4 Å². The van der Waals surface area contributed by atoms with E-state index in [1.165, 1.54) is 6.20 Å². The van der Waals surface area contributed by atoms with E-state index in [0.29, 0.717) is 23.4 Å². The lowest BCUT2D eigenvalue weighted by Crippen LogP contribution is -2.15. The van der Waals surface area contributed by atoms with Crippen molar-refractivity contribution in [2.45, 2.75) is 44.3 Å². The molecule has 0 amide bonds. The highest BCUT2D eigenvalue weighted by atomic mass is 19.4. The van der Waals surface area contributed by atoms with E-state index in [0.717, 1.165) is 12.8 Å². The molecule has 128 valence electrons. The van der Waals surface area contributed by atoms with E-state index >= 15 is 0 Å². The summed E-state index contributed by atoms with van der Waals surface area (Å²) in [6.07, 6.45) is 0.745. The van der Waals surface area contributed by atoms with Crippen LogP contribution in [0.3, 0.4) is 0 Å². The number of alkyl halides is 3. The number of hydrogen-bond acceptors (Lipinski definition) is 3. The van der Waals surface area contributed by atoms with Gasteiger partial charge in [0, 0.05) is 18.2 Å². The van der Waals surface area contributed by atoms with Crippen molar-refractivity contribution in [2.24, 2.45) is 11.7 Å². The van der Waals surface area contributed by atoms with Crippen molar-refractivity contribution in [1.29, 1.82) is 0 Å². The summed E-state index contributed by atoms with van der Waals surface area (Å²) in [5.74, 6) is 0.618. The predicted molar refractivity (Wildman–Crippen MR) is 83.6 cm³/mol. The number of nitrogens with two attached hydrogens (primary N) is 1. The van der Waals surface area contributed by atoms with Gasteiger partial charge in [-0.3, -0.25) is 4.40 Å². The van der Waals surface area contributed by atoms with Crippen LogP contribution in [-0.2, 0) is 6.18 Å². The van der Waals surface area contributed by atoms with E-state index in [1.807, 2.05) is 6.92 Å². The van der Waals surface area contributed by atoms with Crippen LogP contribution >= 0.6 is 0 Å². The minimum Gasteiger partial charge on any atom is -0.345 e. The molecule has 1 saturated carbocycles. The van der Waals surface area contributed by atoms with Gasteiger partial charge < -0.3 is 10.7 Å². The molecule has 0 bridgehead atoms. The molecule has 8 heteroatoms. The number of fused-ring (bicyclic) bond motifs is 3. The molecule has 4 rings (SSSR count). The van der Waals surface area contributed by atoms with Crippen LogP contribution in [0.2, 0.25) is 0 Å². The molecular weight excluding hydrogens is 319 g/mol. The number of nitrogens with zero attached hydrogens (tertiary/aromatic N) is 3. The van der Waals surface area contributed by atoms with Crippen LogP contribution in [0.1, 0.15) is 43.6 Å². The molecule has 3 aromatic rings. The fourth-order valence-corrected chi connectivity index (χ4v) is 3.98. The Hall–Kier alpha value is -2.09. The fourth-order valence-electron chi connectivity index (χ4n) is 3.98. The number of H-pyrrole nitrogens is 1. The molecular formula is C16H18F3N5. The minimum atomic E-state index is -4.52. The van der Waals surface area contributed by atoms with Crippen LogP contribution in [0.5, 0.6) is 0 Å². The molecule has 3 atom stereocenters. The molecule has 5 nitrogen and oxygen atoms in total. The Bertz CT molecular complexity index is 894. The summed E-state index contributed by atoms with van der Waals surface area (Å²) in [7, 11) is 0. The van der Waals surface area contributed by atoms with Crippen molar-refractivity contribution in [3.8, 4) is 0 Å². The number of halogens is 3. The molecule has 3 aromatic heterocycles. The lowest BCUT2D eigenvalue weighted by atomic mass is 9.93. The van der Waals surface area contributed by atoms with Gasteiger partial charge in [0.15, 0.2) is 11.3 Å². The first-order valence-electron chi connectivity index (χ1n) is 8.07. The van der Waals surface area contributed by atoms with Gasteiger partial charge in [-0.2, -0.15) is 13.2 Å². The topological polar surface area (TPSA) is 72.0 Å². The van der Waals surface area contributed by atoms with Crippen LogP contribution in [0, 0.1) is 5.92 Å². The van der Waals surface area contributed by atoms with Crippen LogP contribution in [0.25, 0.3) is 16.7 Å². The number of aromatic amines is 1. The molecule has 0 spiro atoms. The van der Waals surface area contributed by atoms with Gasteiger partial charge in [0.05, 0.1) is 17.2 Å². The van der Waals surface area contributed by atoms with Gasteiger partial charge >= 0.3 is 6.18 Å². The highest BCUT2D eigenvalue weighted by Gasteiger charge is 2.41. The molecule has 0 aliphatic heterocycles. The summed E-state index contributed by atoms with van der Waals surface area (Å²) in [5.41, 5.74) is 6.37. The smallest absolute Gasteiger partial charge is 0.345 e. The fraction of sp³-hybridized carbons (Fsp3) is 0.500. The van der Waals surface area contributed by atoms with Gasteiger partial charge in [0.25, 0.3) is 0 Å². The third-order valence-electron chi connectivity index (χ3n) is 5.06. The van der Waals surface area contributed by atoms with Crippen LogP contribution in [0.15, 0.2) is 18.5 Å². The Morgan fingerprint density at radius 2 is 2.12 bits per heavy atom. The number of imidazole rings is 1. The number of rotatable bonds is 2. The molecule has 0 aromatic carbocycles. The first-order valence-corrected chi connectivity index (χ1v) is 8.07. The van der Waals surface area contributed by atoms with Crippen molar-refractivity contribution >= 4 is 16.7 Å². The van der Waals surface area contributed by atoms with Crippen molar-refractivity contribution < 1.29 is 13.2 Å². The standard InChI is InChI=1S/C16H18F3N5/c1-2-8-5-9(20)6-10(8)15-23-13(16(17,18)19)12-7-22-14-11(24(12)15)3-4-21-14/h3-4,7-10,21H,2,5-6,20H2,1H3/t8-,9+,10-/m1/s1. The molecule has 0 saturated heterocycles. The van der Waals surface area contributed by atoms with Gasteiger partial charge in [-0.15, -0.1) is 0 Å². The van der Waals surface area contributed by atoms with E-state index in [2.05, 4.69) is 15.0 Å². The monoisotopic (exact) mass is 337 g/mol. The lowest BCUT2D eigenvalue weighted by Gasteiger charge is -2.16. The number of hydrogen-bond donors (Lipinski definition) is 2.